The fraction of sp³-hybridized carbons (Fsp3) is 0.278. The molecular weight excluding hydrogens is 264 g/mol. The Labute approximate surface area is 125 Å². The SMILES string of the molecule is CC(C)COC(=O)C(O)(c1ccccc1)c1ccccc1. The van der Waals surface area contributed by atoms with Crippen LogP contribution < -0.4 is 0 Å². The van der Waals surface area contributed by atoms with Crippen LogP contribution in [0.1, 0.15) is 25.0 Å². The molecule has 0 heterocycles. The Morgan fingerprint density at radius 2 is 1.43 bits per heavy atom. The van der Waals surface area contributed by atoms with Gasteiger partial charge in [0.05, 0.1) is 6.61 Å². The number of hydrogen-bond donors (Lipinski definition) is 1. The maximum atomic E-state index is 12.5. The van der Waals surface area contributed by atoms with Crippen molar-refractivity contribution in [3.05, 3.63) is 71.8 Å². The first kappa shape index (κ1) is 15.3. The highest BCUT2D eigenvalue weighted by atomic mass is 16.5. The molecule has 0 saturated heterocycles. The Kier molecular flexibility index (Phi) is 4.76. The molecule has 0 aliphatic heterocycles. The molecule has 0 spiro atoms. The second-order valence-corrected chi connectivity index (χ2v) is 5.43. The zero-order valence-corrected chi connectivity index (χ0v) is 12.3. The van der Waals surface area contributed by atoms with Crippen molar-refractivity contribution in [3.8, 4) is 0 Å². The third-order valence-corrected chi connectivity index (χ3v) is 3.23. The van der Waals surface area contributed by atoms with Gasteiger partial charge < -0.3 is 9.84 Å². The molecule has 0 amide bonds. The molecule has 0 bridgehead atoms. The van der Waals surface area contributed by atoms with Gasteiger partial charge >= 0.3 is 5.97 Å². The smallest absolute Gasteiger partial charge is 0.347 e. The maximum Gasteiger partial charge on any atom is 0.347 e. The minimum absolute atomic E-state index is 0.213. The standard InChI is InChI=1S/C18H20O3/c1-14(2)13-21-17(19)18(20,15-9-5-3-6-10-15)16-11-7-4-8-12-16/h3-12,14,20H,13H2,1-2H3. The van der Waals surface area contributed by atoms with Crippen molar-refractivity contribution in [2.45, 2.75) is 19.4 Å². The highest BCUT2D eigenvalue weighted by molar-refractivity contribution is 5.85. The Bertz CT molecular complexity index is 536. The molecule has 0 radical (unpaired) electrons. The zero-order valence-electron chi connectivity index (χ0n) is 12.3. The monoisotopic (exact) mass is 284 g/mol. The Hall–Kier alpha value is -2.13. The summed E-state index contributed by atoms with van der Waals surface area (Å²) in [7, 11) is 0. The van der Waals surface area contributed by atoms with Crippen LogP contribution in [0.4, 0.5) is 0 Å². The Balaban J connectivity index is 2.42. The number of benzene rings is 2. The van der Waals surface area contributed by atoms with Gasteiger partial charge in [-0.05, 0) is 17.0 Å². The molecular formula is C18H20O3. The number of ether oxygens (including phenoxy) is 1. The van der Waals surface area contributed by atoms with Crippen molar-refractivity contribution in [2.75, 3.05) is 6.61 Å². The van der Waals surface area contributed by atoms with Crippen molar-refractivity contribution in [1.82, 2.24) is 0 Å². The number of carbonyl (C=O) groups is 1. The van der Waals surface area contributed by atoms with Crippen molar-refractivity contribution >= 4 is 5.97 Å². The predicted molar refractivity (Wildman–Crippen MR) is 81.7 cm³/mol. The highest BCUT2D eigenvalue weighted by Gasteiger charge is 2.41. The van der Waals surface area contributed by atoms with E-state index in [-0.39, 0.29) is 12.5 Å². The molecule has 2 aromatic carbocycles. The fourth-order valence-corrected chi connectivity index (χ4v) is 2.11. The lowest BCUT2D eigenvalue weighted by molar-refractivity contribution is -0.163. The molecule has 2 rings (SSSR count). The number of hydrogen-bond acceptors (Lipinski definition) is 3. The lowest BCUT2D eigenvalue weighted by Crippen LogP contribution is -2.39. The van der Waals surface area contributed by atoms with Crippen molar-refractivity contribution in [1.29, 1.82) is 0 Å². The van der Waals surface area contributed by atoms with E-state index < -0.39 is 11.6 Å². The van der Waals surface area contributed by atoms with Gasteiger partial charge in [0, 0.05) is 0 Å². The van der Waals surface area contributed by atoms with Gasteiger partial charge in [0.15, 0.2) is 0 Å². The third-order valence-electron chi connectivity index (χ3n) is 3.23. The van der Waals surface area contributed by atoms with Gasteiger partial charge in [-0.15, -0.1) is 0 Å². The molecule has 0 saturated carbocycles. The topological polar surface area (TPSA) is 46.5 Å². The van der Waals surface area contributed by atoms with Gasteiger partial charge in [0.2, 0.25) is 5.60 Å². The highest BCUT2D eigenvalue weighted by Crippen LogP contribution is 2.31. The molecule has 2 aromatic rings. The van der Waals surface area contributed by atoms with E-state index in [1.807, 2.05) is 26.0 Å². The van der Waals surface area contributed by atoms with Gasteiger partial charge in [-0.25, -0.2) is 4.79 Å². The summed E-state index contributed by atoms with van der Waals surface area (Å²) in [6, 6.07) is 17.7. The third kappa shape index (κ3) is 3.31. The first-order chi connectivity index (χ1) is 10.0. The Morgan fingerprint density at radius 3 is 1.81 bits per heavy atom. The number of carbonyl (C=O) groups excluding carboxylic acids is 1. The molecule has 0 aliphatic carbocycles. The molecule has 0 fully saturated rings. The number of esters is 1. The van der Waals surface area contributed by atoms with E-state index in [1.54, 1.807) is 48.5 Å². The van der Waals surface area contributed by atoms with Crippen LogP contribution in [0.5, 0.6) is 0 Å². The van der Waals surface area contributed by atoms with Gasteiger partial charge in [0.25, 0.3) is 0 Å². The van der Waals surface area contributed by atoms with Crippen LogP contribution in [0.3, 0.4) is 0 Å². The molecule has 1 N–H and O–H groups in total. The van der Waals surface area contributed by atoms with E-state index in [0.29, 0.717) is 11.1 Å². The van der Waals surface area contributed by atoms with Gasteiger partial charge in [0.1, 0.15) is 0 Å². The van der Waals surface area contributed by atoms with Crippen LogP contribution in [0.2, 0.25) is 0 Å². The normalized spacial score (nSPS) is 11.4. The quantitative estimate of drug-likeness (QED) is 0.858. The maximum absolute atomic E-state index is 12.5. The second kappa shape index (κ2) is 6.55. The van der Waals surface area contributed by atoms with Crippen LogP contribution >= 0.6 is 0 Å². The minimum Gasteiger partial charge on any atom is -0.463 e. The molecule has 0 aliphatic rings. The van der Waals surface area contributed by atoms with Crippen LogP contribution in [-0.2, 0) is 15.1 Å². The first-order valence-corrected chi connectivity index (χ1v) is 7.05. The van der Waals surface area contributed by atoms with Crippen LogP contribution in [0, 0.1) is 5.92 Å². The molecule has 3 heteroatoms. The summed E-state index contributed by atoms with van der Waals surface area (Å²) in [4.78, 5) is 12.5. The van der Waals surface area contributed by atoms with Crippen molar-refractivity contribution < 1.29 is 14.6 Å². The average molecular weight is 284 g/mol. The summed E-state index contributed by atoms with van der Waals surface area (Å²) in [6.07, 6.45) is 0. The molecule has 3 nitrogen and oxygen atoms in total. The van der Waals surface area contributed by atoms with Crippen molar-refractivity contribution in [2.24, 2.45) is 5.92 Å². The van der Waals surface area contributed by atoms with Gasteiger partial charge in [-0.3, -0.25) is 0 Å². The van der Waals surface area contributed by atoms with Gasteiger partial charge in [-0.2, -0.15) is 0 Å². The average Bonchev–Trinajstić information content (AvgIpc) is 2.53. The molecule has 21 heavy (non-hydrogen) atoms. The number of aliphatic hydroxyl groups is 1. The lowest BCUT2D eigenvalue weighted by Gasteiger charge is -2.27. The summed E-state index contributed by atoms with van der Waals surface area (Å²) >= 11 is 0. The van der Waals surface area contributed by atoms with E-state index >= 15 is 0 Å². The zero-order chi connectivity index (χ0) is 15.3. The van der Waals surface area contributed by atoms with Crippen LogP contribution in [0.15, 0.2) is 60.7 Å². The first-order valence-electron chi connectivity index (χ1n) is 7.05. The Morgan fingerprint density at radius 1 is 1.00 bits per heavy atom. The molecule has 0 unspecified atom stereocenters. The number of rotatable bonds is 5. The van der Waals surface area contributed by atoms with Gasteiger partial charge in [-0.1, -0.05) is 74.5 Å². The summed E-state index contributed by atoms with van der Waals surface area (Å²) in [5.74, 6) is -0.432. The van der Waals surface area contributed by atoms with Crippen LogP contribution in [-0.4, -0.2) is 17.7 Å². The minimum atomic E-state index is -1.78. The summed E-state index contributed by atoms with van der Waals surface area (Å²) in [5.41, 5.74) is -0.771. The summed E-state index contributed by atoms with van der Waals surface area (Å²) in [6.45, 7) is 4.19. The van der Waals surface area contributed by atoms with E-state index in [4.69, 9.17) is 4.74 Å². The predicted octanol–water partition coefficient (Wildman–Crippen LogP) is 3.12. The summed E-state index contributed by atoms with van der Waals surface area (Å²) in [5, 5.41) is 11.1. The van der Waals surface area contributed by atoms with Crippen molar-refractivity contribution in [3.63, 3.8) is 0 Å². The lowest BCUT2D eigenvalue weighted by atomic mass is 9.86. The van der Waals surface area contributed by atoms with Crippen LogP contribution in [0.25, 0.3) is 0 Å². The van der Waals surface area contributed by atoms with E-state index in [0.717, 1.165) is 0 Å². The summed E-state index contributed by atoms with van der Waals surface area (Å²) < 4.78 is 5.29. The van der Waals surface area contributed by atoms with E-state index in [2.05, 4.69) is 0 Å². The molecule has 0 aromatic heterocycles. The van der Waals surface area contributed by atoms with E-state index in [1.165, 1.54) is 0 Å². The van der Waals surface area contributed by atoms with E-state index in [9.17, 15) is 9.90 Å². The largest absolute Gasteiger partial charge is 0.463 e. The molecule has 110 valence electrons. The second-order valence-electron chi connectivity index (χ2n) is 5.43. The fourth-order valence-electron chi connectivity index (χ4n) is 2.11. The molecule has 0 atom stereocenters.